The number of hydrogen-bond acceptors (Lipinski definition) is 10. The summed E-state index contributed by atoms with van der Waals surface area (Å²) in [6.45, 7) is 3.87. The van der Waals surface area contributed by atoms with Crippen molar-refractivity contribution in [2.45, 2.75) is 31.2 Å². The molecule has 10 nitrogen and oxygen atoms in total. The molecule has 0 amide bonds. The molecule has 3 unspecified atom stereocenters. The molecule has 3 atom stereocenters. The minimum Gasteiger partial charge on any atom is -0.481 e. The highest BCUT2D eigenvalue weighted by Crippen LogP contribution is 2.39. The molecular formula is C28H30N8O2. The van der Waals surface area contributed by atoms with Gasteiger partial charge in [-0.2, -0.15) is 0 Å². The Labute approximate surface area is 221 Å². The van der Waals surface area contributed by atoms with Crippen molar-refractivity contribution in [3.05, 3.63) is 77.1 Å². The van der Waals surface area contributed by atoms with Gasteiger partial charge in [-0.25, -0.2) is 20.8 Å². The normalized spacial score (nSPS) is 25.7. The number of anilines is 1. The number of piperazine rings is 1. The summed E-state index contributed by atoms with van der Waals surface area (Å²) >= 11 is 0. The maximum atomic E-state index is 5.78. The van der Waals surface area contributed by atoms with Crippen LogP contribution in [-0.4, -0.2) is 71.5 Å². The zero-order valence-corrected chi connectivity index (χ0v) is 21.2. The zero-order valence-electron chi connectivity index (χ0n) is 21.2. The summed E-state index contributed by atoms with van der Waals surface area (Å²) in [6.07, 6.45) is 14.6. The van der Waals surface area contributed by atoms with Gasteiger partial charge in [0.25, 0.3) is 0 Å². The van der Waals surface area contributed by atoms with E-state index in [-0.39, 0.29) is 12.8 Å². The van der Waals surface area contributed by atoms with Crippen LogP contribution < -0.4 is 25.9 Å². The van der Waals surface area contributed by atoms with E-state index < -0.39 is 0 Å². The Balaban J connectivity index is 1.07. The third-order valence-electron chi connectivity index (χ3n) is 7.91. The highest BCUT2D eigenvalue weighted by Gasteiger charge is 2.44. The second-order valence-electron chi connectivity index (χ2n) is 10.1. The minimum atomic E-state index is 0.0422. The molecule has 2 bridgehead atoms. The summed E-state index contributed by atoms with van der Waals surface area (Å²) in [5.74, 6) is 4.94. The topological polar surface area (TPSA) is 90.1 Å². The molecule has 194 valence electrons. The zero-order chi connectivity index (χ0) is 25.6. The van der Waals surface area contributed by atoms with Crippen LogP contribution in [0.15, 0.2) is 66.0 Å². The number of hydrogen-bond donors (Lipinski definition) is 3. The highest BCUT2D eigenvalue weighted by atomic mass is 16.5. The summed E-state index contributed by atoms with van der Waals surface area (Å²) in [5.41, 5.74) is 15.6. The number of hydrazine groups is 2. The molecule has 10 heteroatoms. The third-order valence-corrected chi connectivity index (χ3v) is 7.91. The quantitative estimate of drug-likeness (QED) is 0.474. The molecule has 4 fully saturated rings. The lowest BCUT2D eigenvalue weighted by Gasteiger charge is -2.56. The Morgan fingerprint density at radius 3 is 2.76 bits per heavy atom. The van der Waals surface area contributed by atoms with Crippen LogP contribution in [0.1, 0.15) is 17.5 Å². The second kappa shape index (κ2) is 9.45. The molecule has 4 saturated heterocycles. The van der Waals surface area contributed by atoms with E-state index in [1.165, 1.54) is 17.6 Å². The Bertz CT molecular complexity index is 1350. The van der Waals surface area contributed by atoms with Crippen molar-refractivity contribution in [1.82, 2.24) is 36.2 Å². The number of aromatic nitrogens is 2. The molecule has 38 heavy (non-hydrogen) atoms. The van der Waals surface area contributed by atoms with E-state index >= 15 is 0 Å². The molecule has 6 aliphatic rings. The predicted octanol–water partition coefficient (Wildman–Crippen LogP) is 1.34. The summed E-state index contributed by atoms with van der Waals surface area (Å²) in [4.78, 5) is 14.3. The van der Waals surface area contributed by atoms with Gasteiger partial charge in [-0.15, -0.1) is 6.42 Å². The van der Waals surface area contributed by atoms with Gasteiger partial charge in [0.1, 0.15) is 24.3 Å². The Hall–Kier alpha value is -3.88. The molecule has 3 N–H and O–H groups in total. The number of piperidine rings is 1. The van der Waals surface area contributed by atoms with Crippen LogP contribution in [0, 0.1) is 12.3 Å². The molecular weight excluding hydrogens is 480 g/mol. The first-order chi connectivity index (χ1) is 18.7. The SMILES string of the molecule is C#CCOC1=CN2NC3NNCC3=C2C(c2ccc(N3CC4CC(C3)N4Cc3ccc(OC)nc3)nc2)=C1. The summed E-state index contributed by atoms with van der Waals surface area (Å²) in [6, 6.07) is 9.40. The van der Waals surface area contributed by atoms with Crippen molar-refractivity contribution in [2.24, 2.45) is 0 Å². The van der Waals surface area contributed by atoms with Gasteiger partial charge in [0.15, 0.2) is 0 Å². The average molecular weight is 511 g/mol. The predicted molar refractivity (Wildman–Crippen MR) is 143 cm³/mol. The molecule has 0 aliphatic carbocycles. The standard InChI is InChI=1S/C28H30N8O2/c1-3-8-38-22-10-23(27-24-13-31-32-28(24)33-36(27)17-22)19-5-6-25(29-12-19)34-15-20-9-21(16-34)35(20)14-18-4-7-26(37-2)30-11-18/h1,4-7,10-12,17,20-21,28,31-33H,8-9,13-16H2,2H3. The van der Waals surface area contributed by atoms with Gasteiger partial charge in [0.2, 0.25) is 5.88 Å². The lowest BCUT2D eigenvalue weighted by atomic mass is 9.87. The van der Waals surface area contributed by atoms with Crippen LogP contribution in [0.2, 0.25) is 0 Å². The maximum Gasteiger partial charge on any atom is 0.212 e. The lowest BCUT2D eigenvalue weighted by Crippen LogP contribution is -2.68. The van der Waals surface area contributed by atoms with E-state index in [4.69, 9.17) is 20.9 Å². The number of allylic oxidation sites excluding steroid dienone is 2. The van der Waals surface area contributed by atoms with Gasteiger partial charge in [-0.1, -0.05) is 12.0 Å². The number of terminal acetylenes is 1. The van der Waals surface area contributed by atoms with Gasteiger partial charge in [0.05, 0.1) is 19.0 Å². The molecule has 2 aromatic heterocycles. The van der Waals surface area contributed by atoms with E-state index in [1.807, 2.05) is 29.7 Å². The second-order valence-corrected chi connectivity index (χ2v) is 10.1. The number of methoxy groups -OCH3 is 1. The monoisotopic (exact) mass is 510 g/mol. The fourth-order valence-electron chi connectivity index (χ4n) is 6.03. The Morgan fingerprint density at radius 2 is 2.03 bits per heavy atom. The van der Waals surface area contributed by atoms with Crippen LogP contribution in [0.4, 0.5) is 5.82 Å². The van der Waals surface area contributed by atoms with E-state index in [2.05, 4.69) is 61.3 Å². The van der Waals surface area contributed by atoms with E-state index in [0.717, 1.165) is 54.6 Å². The maximum absolute atomic E-state index is 5.78. The number of pyridine rings is 2. The first-order valence-corrected chi connectivity index (χ1v) is 12.9. The van der Waals surface area contributed by atoms with Crippen molar-refractivity contribution < 1.29 is 9.47 Å². The number of ether oxygens (including phenoxy) is 2. The third kappa shape index (κ3) is 4.01. The highest BCUT2D eigenvalue weighted by molar-refractivity contribution is 5.83. The number of nitrogens with one attached hydrogen (secondary N) is 3. The number of fused-ring (bicyclic) bond motifs is 4. The van der Waals surface area contributed by atoms with E-state index in [0.29, 0.717) is 18.0 Å². The van der Waals surface area contributed by atoms with Crippen molar-refractivity contribution in [2.75, 3.05) is 38.3 Å². The van der Waals surface area contributed by atoms with Crippen LogP contribution in [0.5, 0.6) is 5.88 Å². The van der Waals surface area contributed by atoms with Gasteiger partial charge >= 0.3 is 0 Å². The van der Waals surface area contributed by atoms with E-state index in [9.17, 15) is 0 Å². The van der Waals surface area contributed by atoms with E-state index in [1.54, 1.807) is 7.11 Å². The molecule has 2 aromatic rings. The molecule has 8 rings (SSSR count). The van der Waals surface area contributed by atoms with Crippen molar-refractivity contribution in [1.29, 1.82) is 0 Å². The van der Waals surface area contributed by atoms with Gasteiger partial charge in [-0.05, 0) is 30.2 Å². The van der Waals surface area contributed by atoms with Crippen molar-refractivity contribution >= 4 is 11.4 Å². The average Bonchev–Trinajstić information content (AvgIpc) is 3.56. The van der Waals surface area contributed by atoms with Gasteiger partial charge < -0.3 is 14.4 Å². The lowest BCUT2D eigenvalue weighted by molar-refractivity contribution is -0.00877. The Kier molecular flexibility index (Phi) is 5.78. The summed E-state index contributed by atoms with van der Waals surface area (Å²) in [7, 11) is 1.64. The van der Waals surface area contributed by atoms with Crippen LogP contribution in [0.25, 0.3) is 5.57 Å². The smallest absolute Gasteiger partial charge is 0.212 e. The molecule has 0 aromatic carbocycles. The van der Waals surface area contributed by atoms with Gasteiger partial charge in [0, 0.05) is 73.4 Å². The molecule has 0 spiro atoms. The van der Waals surface area contributed by atoms with Crippen LogP contribution >= 0.6 is 0 Å². The fraction of sp³-hybridized carbons (Fsp3) is 0.357. The van der Waals surface area contributed by atoms with Gasteiger partial charge in [-0.3, -0.25) is 15.3 Å². The first kappa shape index (κ1) is 23.3. The first-order valence-electron chi connectivity index (χ1n) is 12.9. The van der Waals surface area contributed by atoms with Crippen LogP contribution in [-0.2, 0) is 11.3 Å². The fourth-order valence-corrected chi connectivity index (χ4v) is 6.03. The Morgan fingerprint density at radius 1 is 1.13 bits per heavy atom. The van der Waals surface area contributed by atoms with Crippen LogP contribution in [0.3, 0.4) is 0 Å². The molecule has 8 heterocycles. The summed E-state index contributed by atoms with van der Waals surface area (Å²) < 4.78 is 11.0. The molecule has 6 aliphatic heterocycles. The minimum absolute atomic E-state index is 0.0422. The summed E-state index contributed by atoms with van der Waals surface area (Å²) in [5, 5.41) is 2.02. The largest absolute Gasteiger partial charge is 0.481 e. The van der Waals surface area contributed by atoms with Crippen molar-refractivity contribution in [3.63, 3.8) is 0 Å². The van der Waals surface area contributed by atoms with Crippen molar-refractivity contribution in [3.8, 4) is 18.2 Å². The molecule has 0 radical (unpaired) electrons. The number of nitrogens with zero attached hydrogens (tertiary/aromatic N) is 5. The molecule has 0 saturated carbocycles. The number of rotatable bonds is 7.